The summed E-state index contributed by atoms with van der Waals surface area (Å²) in [5.41, 5.74) is 2.14. The number of carbonyl (C=O) groups excluding carboxylic acids is 1. The number of hydrogen-bond acceptors (Lipinski definition) is 4. The minimum atomic E-state index is 0.284. The molecule has 1 amide bonds. The van der Waals surface area contributed by atoms with E-state index in [0.29, 0.717) is 19.6 Å². The summed E-state index contributed by atoms with van der Waals surface area (Å²) in [5.74, 6) is 1.76. The molecule has 6 heteroatoms. The first-order chi connectivity index (χ1) is 13.7. The van der Waals surface area contributed by atoms with Crippen LogP contribution in [0.2, 0.25) is 0 Å². The zero-order valence-corrected chi connectivity index (χ0v) is 17.8. The van der Waals surface area contributed by atoms with Gasteiger partial charge in [-0.15, -0.1) is 0 Å². The van der Waals surface area contributed by atoms with E-state index in [0.717, 1.165) is 59.6 Å². The van der Waals surface area contributed by atoms with Crippen molar-refractivity contribution in [3.63, 3.8) is 0 Å². The second kappa shape index (κ2) is 10.5. The number of hydrogen-bond donors (Lipinski definition) is 1. The maximum atomic E-state index is 11.7. The van der Waals surface area contributed by atoms with Gasteiger partial charge >= 0.3 is 0 Å². The molecule has 0 unspecified atom stereocenters. The number of nitrogens with one attached hydrogen (secondary N) is 1. The zero-order chi connectivity index (χ0) is 19.8. The Hall–Kier alpha value is -2.05. The second-order valence-electron chi connectivity index (χ2n) is 6.85. The van der Waals surface area contributed by atoms with Gasteiger partial charge in [0, 0.05) is 36.1 Å². The van der Waals surface area contributed by atoms with Crippen LogP contribution in [0.3, 0.4) is 0 Å². The molecule has 0 atom stereocenters. The molecule has 2 aromatic rings. The van der Waals surface area contributed by atoms with Crippen LogP contribution in [-0.4, -0.2) is 37.6 Å². The third-order valence-corrected chi connectivity index (χ3v) is 5.61. The lowest BCUT2D eigenvalue weighted by atomic mass is 10.1. The molecule has 150 valence electrons. The van der Waals surface area contributed by atoms with Gasteiger partial charge in [-0.2, -0.15) is 0 Å². The van der Waals surface area contributed by atoms with Crippen LogP contribution in [-0.2, 0) is 17.9 Å². The normalized spacial score (nSPS) is 13.8. The van der Waals surface area contributed by atoms with E-state index >= 15 is 0 Å². The van der Waals surface area contributed by atoms with Gasteiger partial charge in [0.2, 0.25) is 5.91 Å². The van der Waals surface area contributed by atoms with E-state index in [1.165, 1.54) is 0 Å². The second-order valence-corrected chi connectivity index (χ2v) is 7.70. The number of methoxy groups -OCH3 is 1. The van der Waals surface area contributed by atoms with E-state index in [2.05, 4.69) is 21.2 Å². The Morgan fingerprint density at radius 1 is 1.18 bits per heavy atom. The highest BCUT2D eigenvalue weighted by Gasteiger charge is 2.19. The van der Waals surface area contributed by atoms with Gasteiger partial charge in [0.25, 0.3) is 0 Å². The molecule has 1 aliphatic heterocycles. The summed E-state index contributed by atoms with van der Waals surface area (Å²) in [5, 5.41) is 3.47. The Labute approximate surface area is 175 Å². The maximum Gasteiger partial charge on any atom is 0.222 e. The Kier molecular flexibility index (Phi) is 7.74. The quantitative estimate of drug-likeness (QED) is 0.557. The first kappa shape index (κ1) is 20.7. The molecule has 1 saturated heterocycles. The van der Waals surface area contributed by atoms with E-state index in [1.807, 2.05) is 47.4 Å². The molecule has 0 bridgehead atoms. The van der Waals surface area contributed by atoms with Crippen molar-refractivity contribution in [2.24, 2.45) is 0 Å². The van der Waals surface area contributed by atoms with Crippen molar-refractivity contribution in [3.8, 4) is 11.5 Å². The SMILES string of the molecule is COc1ccc(Br)c(CNCCCN2CCCC2=O)c1OCc1ccccc1. The van der Waals surface area contributed by atoms with E-state index in [-0.39, 0.29) is 5.91 Å². The molecule has 1 heterocycles. The molecule has 0 spiro atoms. The summed E-state index contributed by atoms with van der Waals surface area (Å²) in [7, 11) is 1.66. The average Bonchev–Trinajstić information content (AvgIpc) is 3.13. The predicted molar refractivity (Wildman–Crippen MR) is 114 cm³/mol. The standard InChI is InChI=1S/C22H27BrN2O3/c1-27-20-11-10-19(23)18(22(20)28-16-17-7-3-2-4-8-17)15-24-12-6-14-25-13-5-9-21(25)26/h2-4,7-8,10-11,24H,5-6,9,12-16H2,1H3. The molecule has 1 fully saturated rings. The fourth-order valence-corrected chi connectivity index (χ4v) is 3.80. The molecule has 2 aromatic carbocycles. The average molecular weight is 447 g/mol. The van der Waals surface area contributed by atoms with Gasteiger partial charge in [-0.1, -0.05) is 46.3 Å². The summed E-state index contributed by atoms with van der Waals surface area (Å²) in [4.78, 5) is 13.6. The van der Waals surface area contributed by atoms with E-state index in [4.69, 9.17) is 9.47 Å². The third kappa shape index (κ3) is 5.49. The summed E-state index contributed by atoms with van der Waals surface area (Å²) < 4.78 is 12.6. The van der Waals surface area contributed by atoms with Gasteiger partial charge in [0.05, 0.1) is 7.11 Å². The first-order valence-electron chi connectivity index (χ1n) is 9.69. The van der Waals surface area contributed by atoms with Crippen LogP contribution in [0, 0.1) is 0 Å². The first-order valence-corrected chi connectivity index (χ1v) is 10.5. The van der Waals surface area contributed by atoms with Gasteiger partial charge < -0.3 is 19.7 Å². The number of amides is 1. The van der Waals surface area contributed by atoms with Crippen LogP contribution in [0.15, 0.2) is 46.9 Å². The van der Waals surface area contributed by atoms with Gasteiger partial charge in [0.1, 0.15) is 6.61 Å². The largest absolute Gasteiger partial charge is 0.493 e. The van der Waals surface area contributed by atoms with Crippen molar-refractivity contribution in [1.29, 1.82) is 0 Å². The number of likely N-dealkylation sites (tertiary alicyclic amines) is 1. The topological polar surface area (TPSA) is 50.8 Å². The van der Waals surface area contributed by atoms with Crippen molar-refractivity contribution < 1.29 is 14.3 Å². The van der Waals surface area contributed by atoms with E-state index < -0.39 is 0 Å². The molecule has 28 heavy (non-hydrogen) atoms. The van der Waals surface area contributed by atoms with Crippen molar-refractivity contribution >= 4 is 21.8 Å². The molecular formula is C22H27BrN2O3. The van der Waals surface area contributed by atoms with E-state index in [9.17, 15) is 4.79 Å². The molecular weight excluding hydrogens is 420 g/mol. The minimum absolute atomic E-state index is 0.284. The fraction of sp³-hybridized carbons (Fsp3) is 0.409. The molecule has 3 rings (SSSR count). The number of carbonyl (C=O) groups is 1. The zero-order valence-electron chi connectivity index (χ0n) is 16.2. The lowest BCUT2D eigenvalue weighted by Crippen LogP contribution is -2.28. The Bertz CT molecular complexity index is 783. The molecule has 0 aromatic heterocycles. The minimum Gasteiger partial charge on any atom is -0.493 e. The fourth-order valence-electron chi connectivity index (χ4n) is 3.34. The summed E-state index contributed by atoms with van der Waals surface area (Å²) >= 11 is 3.64. The molecule has 1 aliphatic rings. The van der Waals surface area contributed by atoms with Crippen molar-refractivity contribution in [1.82, 2.24) is 10.2 Å². The lowest BCUT2D eigenvalue weighted by molar-refractivity contribution is -0.127. The number of halogens is 1. The number of ether oxygens (including phenoxy) is 2. The van der Waals surface area contributed by atoms with Crippen LogP contribution in [0.4, 0.5) is 0 Å². The van der Waals surface area contributed by atoms with Crippen LogP contribution in [0.5, 0.6) is 11.5 Å². The Morgan fingerprint density at radius 3 is 2.71 bits per heavy atom. The van der Waals surface area contributed by atoms with E-state index in [1.54, 1.807) is 7.11 Å². The van der Waals surface area contributed by atoms with Gasteiger partial charge in [-0.25, -0.2) is 0 Å². The highest BCUT2D eigenvalue weighted by Crippen LogP contribution is 2.36. The highest BCUT2D eigenvalue weighted by atomic mass is 79.9. The lowest BCUT2D eigenvalue weighted by Gasteiger charge is -2.18. The van der Waals surface area contributed by atoms with Crippen LogP contribution in [0.25, 0.3) is 0 Å². The smallest absolute Gasteiger partial charge is 0.222 e. The van der Waals surface area contributed by atoms with Crippen molar-refractivity contribution in [3.05, 3.63) is 58.1 Å². The van der Waals surface area contributed by atoms with Gasteiger partial charge in [0.15, 0.2) is 11.5 Å². The number of benzene rings is 2. The summed E-state index contributed by atoms with van der Waals surface area (Å²) in [6, 6.07) is 14.0. The molecule has 1 N–H and O–H groups in total. The Morgan fingerprint density at radius 2 is 2.00 bits per heavy atom. The molecule has 0 radical (unpaired) electrons. The van der Waals surface area contributed by atoms with Crippen LogP contribution < -0.4 is 14.8 Å². The summed E-state index contributed by atoms with van der Waals surface area (Å²) in [6.07, 6.45) is 2.63. The van der Waals surface area contributed by atoms with Gasteiger partial charge in [-0.05, 0) is 37.1 Å². The molecule has 0 saturated carbocycles. The monoisotopic (exact) mass is 446 g/mol. The number of rotatable bonds is 10. The molecule has 5 nitrogen and oxygen atoms in total. The highest BCUT2D eigenvalue weighted by molar-refractivity contribution is 9.10. The Balaban J connectivity index is 1.58. The summed E-state index contributed by atoms with van der Waals surface area (Å²) in [6.45, 7) is 3.71. The molecule has 0 aliphatic carbocycles. The van der Waals surface area contributed by atoms with Crippen molar-refractivity contribution in [2.45, 2.75) is 32.4 Å². The van der Waals surface area contributed by atoms with Gasteiger partial charge in [-0.3, -0.25) is 4.79 Å². The van der Waals surface area contributed by atoms with Crippen LogP contribution in [0.1, 0.15) is 30.4 Å². The number of nitrogens with zero attached hydrogens (tertiary/aromatic N) is 1. The van der Waals surface area contributed by atoms with Crippen LogP contribution >= 0.6 is 15.9 Å². The third-order valence-electron chi connectivity index (χ3n) is 4.87. The maximum absolute atomic E-state index is 11.7. The van der Waals surface area contributed by atoms with Crippen molar-refractivity contribution in [2.75, 3.05) is 26.7 Å². The predicted octanol–water partition coefficient (Wildman–Crippen LogP) is 4.14.